The Balaban J connectivity index is 1.61. The SMILES string of the molecule is NC1CCCC(C(=O)C2CCOC3(CCC3)C2)C1. The molecule has 18 heavy (non-hydrogen) atoms. The van der Waals surface area contributed by atoms with Crippen LogP contribution in [0.4, 0.5) is 0 Å². The van der Waals surface area contributed by atoms with Crippen LogP contribution in [0.1, 0.15) is 57.8 Å². The van der Waals surface area contributed by atoms with Crippen LogP contribution in [-0.2, 0) is 9.53 Å². The first-order chi connectivity index (χ1) is 8.69. The Morgan fingerprint density at radius 2 is 1.94 bits per heavy atom. The minimum Gasteiger partial charge on any atom is -0.375 e. The van der Waals surface area contributed by atoms with Crippen LogP contribution >= 0.6 is 0 Å². The van der Waals surface area contributed by atoms with Gasteiger partial charge < -0.3 is 10.5 Å². The van der Waals surface area contributed by atoms with E-state index in [-0.39, 0.29) is 23.5 Å². The number of hydrogen-bond acceptors (Lipinski definition) is 3. The number of carbonyl (C=O) groups is 1. The Hall–Kier alpha value is -0.410. The molecule has 0 radical (unpaired) electrons. The van der Waals surface area contributed by atoms with E-state index in [1.807, 2.05) is 0 Å². The Bertz CT molecular complexity index is 324. The van der Waals surface area contributed by atoms with Gasteiger partial charge in [-0.3, -0.25) is 4.79 Å². The van der Waals surface area contributed by atoms with Gasteiger partial charge in [0.1, 0.15) is 5.78 Å². The van der Waals surface area contributed by atoms with E-state index in [2.05, 4.69) is 0 Å². The van der Waals surface area contributed by atoms with Gasteiger partial charge in [0.25, 0.3) is 0 Å². The van der Waals surface area contributed by atoms with Crippen molar-refractivity contribution >= 4 is 5.78 Å². The Labute approximate surface area is 109 Å². The highest BCUT2D eigenvalue weighted by molar-refractivity contribution is 5.83. The summed E-state index contributed by atoms with van der Waals surface area (Å²) in [5.41, 5.74) is 6.10. The van der Waals surface area contributed by atoms with Gasteiger partial charge in [0.2, 0.25) is 0 Å². The molecule has 0 aromatic rings. The monoisotopic (exact) mass is 251 g/mol. The molecule has 0 bridgehead atoms. The molecule has 1 spiro atoms. The normalized spacial score (nSPS) is 39.3. The molecule has 1 saturated heterocycles. The molecule has 102 valence electrons. The van der Waals surface area contributed by atoms with Crippen molar-refractivity contribution in [1.29, 1.82) is 0 Å². The van der Waals surface area contributed by atoms with Gasteiger partial charge in [-0.05, 0) is 51.4 Å². The van der Waals surface area contributed by atoms with Crippen molar-refractivity contribution in [2.75, 3.05) is 6.61 Å². The summed E-state index contributed by atoms with van der Waals surface area (Å²) in [4.78, 5) is 12.6. The third-order valence-electron chi connectivity index (χ3n) is 5.28. The standard InChI is InChI=1S/C15H25NO2/c16-13-4-1-3-11(9-13)14(17)12-5-8-18-15(10-12)6-2-7-15/h11-13H,1-10,16H2. The number of nitrogens with two attached hydrogens (primary N) is 1. The molecule has 1 heterocycles. The number of carbonyl (C=O) groups excluding carboxylic acids is 1. The van der Waals surface area contributed by atoms with Crippen LogP contribution < -0.4 is 5.73 Å². The first-order valence-corrected chi connectivity index (χ1v) is 7.62. The van der Waals surface area contributed by atoms with Crippen molar-refractivity contribution in [3.8, 4) is 0 Å². The van der Waals surface area contributed by atoms with Crippen molar-refractivity contribution in [1.82, 2.24) is 0 Å². The topological polar surface area (TPSA) is 52.3 Å². The van der Waals surface area contributed by atoms with Crippen molar-refractivity contribution < 1.29 is 9.53 Å². The molecular weight excluding hydrogens is 226 g/mol. The second-order valence-corrected chi connectivity index (χ2v) is 6.60. The van der Waals surface area contributed by atoms with Gasteiger partial charge in [0.05, 0.1) is 5.60 Å². The summed E-state index contributed by atoms with van der Waals surface area (Å²) >= 11 is 0. The predicted octanol–water partition coefficient (Wildman–Crippen LogP) is 2.42. The quantitative estimate of drug-likeness (QED) is 0.820. The first kappa shape index (κ1) is 12.6. The number of ketones is 1. The van der Waals surface area contributed by atoms with Gasteiger partial charge in [-0.1, -0.05) is 6.42 Å². The van der Waals surface area contributed by atoms with Gasteiger partial charge >= 0.3 is 0 Å². The third kappa shape index (κ3) is 2.35. The van der Waals surface area contributed by atoms with E-state index in [4.69, 9.17) is 10.5 Å². The van der Waals surface area contributed by atoms with Gasteiger partial charge in [-0.25, -0.2) is 0 Å². The molecule has 3 unspecified atom stereocenters. The summed E-state index contributed by atoms with van der Waals surface area (Å²) in [5.74, 6) is 1.00. The summed E-state index contributed by atoms with van der Waals surface area (Å²) in [6.07, 6.45) is 9.74. The van der Waals surface area contributed by atoms with E-state index in [9.17, 15) is 4.79 Å². The first-order valence-electron chi connectivity index (χ1n) is 7.62. The van der Waals surface area contributed by atoms with Gasteiger partial charge in [-0.2, -0.15) is 0 Å². The maximum absolute atomic E-state index is 12.6. The lowest BCUT2D eigenvalue weighted by atomic mass is 9.68. The second-order valence-electron chi connectivity index (χ2n) is 6.60. The lowest BCUT2D eigenvalue weighted by Gasteiger charge is -2.47. The summed E-state index contributed by atoms with van der Waals surface area (Å²) < 4.78 is 5.91. The average molecular weight is 251 g/mol. The summed E-state index contributed by atoms with van der Waals surface area (Å²) in [6.45, 7) is 0.787. The Kier molecular flexibility index (Phi) is 3.46. The lowest BCUT2D eigenvalue weighted by molar-refractivity contribution is -0.158. The van der Waals surface area contributed by atoms with Gasteiger partial charge in [0, 0.05) is 24.5 Å². The van der Waals surface area contributed by atoms with Crippen LogP contribution in [0.3, 0.4) is 0 Å². The second kappa shape index (κ2) is 4.93. The molecule has 0 aromatic carbocycles. The predicted molar refractivity (Wildman–Crippen MR) is 70.2 cm³/mol. The minimum atomic E-state index is 0.0926. The van der Waals surface area contributed by atoms with Crippen LogP contribution in [0.25, 0.3) is 0 Å². The molecular formula is C15H25NO2. The minimum absolute atomic E-state index is 0.0926. The zero-order valence-electron chi connectivity index (χ0n) is 11.2. The number of rotatable bonds is 2. The molecule has 2 aliphatic carbocycles. The van der Waals surface area contributed by atoms with Crippen molar-refractivity contribution in [3.63, 3.8) is 0 Å². The molecule has 3 fully saturated rings. The highest BCUT2D eigenvalue weighted by atomic mass is 16.5. The number of Topliss-reactive ketones (excluding diaryl/α,β-unsaturated/α-hetero) is 1. The number of ether oxygens (including phenoxy) is 1. The molecule has 0 aromatic heterocycles. The van der Waals surface area contributed by atoms with Crippen molar-refractivity contribution in [3.05, 3.63) is 0 Å². The van der Waals surface area contributed by atoms with Crippen LogP contribution in [0, 0.1) is 11.8 Å². The van der Waals surface area contributed by atoms with Gasteiger partial charge in [-0.15, -0.1) is 0 Å². The maximum atomic E-state index is 12.6. The van der Waals surface area contributed by atoms with E-state index in [0.29, 0.717) is 5.78 Å². The van der Waals surface area contributed by atoms with Crippen molar-refractivity contribution in [2.45, 2.75) is 69.4 Å². The molecule has 3 heteroatoms. The van der Waals surface area contributed by atoms with E-state index in [1.54, 1.807) is 0 Å². The average Bonchev–Trinajstić information content (AvgIpc) is 2.36. The highest BCUT2D eigenvalue weighted by Crippen LogP contribution is 2.45. The zero-order valence-corrected chi connectivity index (χ0v) is 11.2. The molecule has 1 aliphatic heterocycles. The van der Waals surface area contributed by atoms with E-state index in [1.165, 1.54) is 19.3 Å². The fraction of sp³-hybridized carbons (Fsp3) is 0.933. The summed E-state index contributed by atoms with van der Waals surface area (Å²) in [5, 5.41) is 0. The van der Waals surface area contributed by atoms with Crippen molar-refractivity contribution in [2.24, 2.45) is 17.6 Å². The zero-order chi connectivity index (χ0) is 12.6. The summed E-state index contributed by atoms with van der Waals surface area (Å²) in [7, 11) is 0. The fourth-order valence-electron chi connectivity index (χ4n) is 4.01. The molecule has 3 aliphatic rings. The van der Waals surface area contributed by atoms with E-state index < -0.39 is 0 Å². The van der Waals surface area contributed by atoms with E-state index >= 15 is 0 Å². The Morgan fingerprint density at radius 1 is 1.11 bits per heavy atom. The summed E-state index contributed by atoms with van der Waals surface area (Å²) in [6, 6.07) is 0.255. The van der Waals surface area contributed by atoms with Crippen LogP contribution in [0.2, 0.25) is 0 Å². The fourth-order valence-corrected chi connectivity index (χ4v) is 4.01. The van der Waals surface area contributed by atoms with Crippen LogP contribution in [-0.4, -0.2) is 24.0 Å². The Morgan fingerprint density at radius 3 is 2.61 bits per heavy atom. The molecule has 2 N–H and O–H groups in total. The third-order valence-corrected chi connectivity index (χ3v) is 5.28. The van der Waals surface area contributed by atoms with Gasteiger partial charge in [0.15, 0.2) is 0 Å². The van der Waals surface area contributed by atoms with Crippen LogP contribution in [0.5, 0.6) is 0 Å². The smallest absolute Gasteiger partial charge is 0.139 e. The van der Waals surface area contributed by atoms with Crippen LogP contribution in [0.15, 0.2) is 0 Å². The number of hydrogen-bond donors (Lipinski definition) is 1. The lowest BCUT2D eigenvalue weighted by Crippen LogP contribution is -2.48. The molecule has 2 saturated carbocycles. The highest BCUT2D eigenvalue weighted by Gasteiger charge is 2.45. The molecule has 0 amide bonds. The molecule has 3 atom stereocenters. The largest absolute Gasteiger partial charge is 0.375 e. The molecule has 3 nitrogen and oxygen atoms in total. The van der Waals surface area contributed by atoms with E-state index in [0.717, 1.165) is 45.1 Å². The molecule has 3 rings (SSSR count). The maximum Gasteiger partial charge on any atom is 0.139 e.